The average Bonchev–Trinajstić information content (AvgIpc) is 3.01. The van der Waals surface area contributed by atoms with Gasteiger partial charge in [0.2, 0.25) is 5.91 Å². The summed E-state index contributed by atoms with van der Waals surface area (Å²) in [5.74, 6) is 1.40. The van der Waals surface area contributed by atoms with Crippen LogP contribution < -0.4 is 5.56 Å². The topological polar surface area (TPSA) is 84.1 Å². The highest BCUT2D eigenvalue weighted by Crippen LogP contribution is 2.38. The van der Waals surface area contributed by atoms with E-state index in [1.807, 2.05) is 12.3 Å². The zero-order valence-electron chi connectivity index (χ0n) is 11.5. The normalized spacial score (nSPS) is 18.8. The SMILES string of the molecule is O=C(Cn1ccc(C2CC2)n1)N1CC(c2cc(=O)[nH]o2)C1. The Morgan fingerprint density at radius 2 is 2.19 bits per heavy atom. The predicted molar refractivity (Wildman–Crippen MR) is 72.9 cm³/mol. The Balaban J connectivity index is 1.33. The van der Waals surface area contributed by atoms with E-state index in [4.69, 9.17) is 4.52 Å². The zero-order valence-corrected chi connectivity index (χ0v) is 11.5. The van der Waals surface area contributed by atoms with Crippen LogP contribution in [0.1, 0.15) is 36.1 Å². The second-order valence-corrected chi connectivity index (χ2v) is 5.82. The van der Waals surface area contributed by atoms with E-state index in [1.165, 1.54) is 18.9 Å². The van der Waals surface area contributed by atoms with Crippen LogP contribution in [0.2, 0.25) is 0 Å². The number of nitrogens with one attached hydrogen (secondary N) is 1. The van der Waals surface area contributed by atoms with E-state index >= 15 is 0 Å². The number of carbonyl (C=O) groups is 1. The summed E-state index contributed by atoms with van der Waals surface area (Å²) < 4.78 is 6.77. The average molecular weight is 288 g/mol. The number of rotatable bonds is 4. The van der Waals surface area contributed by atoms with Crippen LogP contribution in [0.5, 0.6) is 0 Å². The Hall–Kier alpha value is -2.31. The maximum absolute atomic E-state index is 12.1. The van der Waals surface area contributed by atoms with Crippen molar-refractivity contribution in [2.75, 3.05) is 13.1 Å². The van der Waals surface area contributed by atoms with Crippen LogP contribution in [-0.4, -0.2) is 38.8 Å². The molecule has 0 atom stereocenters. The maximum atomic E-state index is 12.1. The van der Waals surface area contributed by atoms with E-state index in [-0.39, 0.29) is 23.9 Å². The van der Waals surface area contributed by atoms with Crippen LogP contribution in [0.3, 0.4) is 0 Å². The lowest BCUT2D eigenvalue weighted by Gasteiger charge is -2.37. The number of carbonyl (C=O) groups excluding carboxylic acids is 1. The minimum atomic E-state index is -0.237. The molecular weight excluding hydrogens is 272 g/mol. The van der Waals surface area contributed by atoms with E-state index in [0.29, 0.717) is 24.8 Å². The standard InChI is InChI=1S/C14H16N4O3/c19-13-5-12(21-16-13)10-6-17(7-10)14(20)8-18-4-3-11(15-18)9-1-2-9/h3-5,9-10H,1-2,6-8H2,(H,16,19). The molecule has 21 heavy (non-hydrogen) atoms. The summed E-state index contributed by atoms with van der Waals surface area (Å²) in [4.78, 5) is 24.9. The summed E-state index contributed by atoms with van der Waals surface area (Å²) in [5.41, 5.74) is 0.859. The molecular formula is C14H16N4O3. The molecule has 0 unspecified atom stereocenters. The number of aromatic nitrogens is 3. The lowest BCUT2D eigenvalue weighted by molar-refractivity contribution is -0.136. The third-order valence-electron chi connectivity index (χ3n) is 4.13. The van der Waals surface area contributed by atoms with Crippen molar-refractivity contribution in [3.05, 3.63) is 40.1 Å². The van der Waals surface area contributed by atoms with Gasteiger partial charge in [-0.05, 0) is 18.9 Å². The molecule has 1 aliphatic carbocycles. The van der Waals surface area contributed by atoms with Gasteiger partial charge in [0.1, 0.15) is 12.3 Å². The van der Waals surface area contributed by atoms with Gasteiger partial charge in [-0.25, -0.2) is 0 Å². The summed E-state index contributed by atoms with van der Waals surface area (Å²) in [5, 5.41) is 6.71. The molecule has 2 fully saturated rings. The largest absolute Gasteiger partial charge is 0.383 e. The number of nitrogens with zero attached hydrogens (tertiary/aromatic N) is 3. The fourth-order valence-electron chi connectivity index (χ4n) is 2.66. The van der Waals surface area contributed by atoms with E-state index < -0.39 is 0 Å². The summed E-state index contributed by atoms with van der Waals surface area (Å²) >= 11 is 0. The van der Waals surface area contributed by atoms with Crippen molar-refractivity contribution in [3.8, 4) is 0 Å². The number of aromatic amines is 1. The number of hydrogen-bond donors (Lipinski definition) is 1. The predicted octanol–water partition coefficient (Wildman–Crippen LogP) is 0.668. The van der Waals surface area contributed by atoms with E-state index in [1.54, 1.807) is 9.58 Å². The van der Waals surface area contributed by atoms with Gasteiger partial charge in [0, 0.05) is 31.3 Å². The van der Waals surface area contributed by atoms with Gasteiger partial charge in [-0.3, -0.25) is 14.3 Å². The maximum Gasteiger partial charge on any atom is 0.280 e. The first kappa shape index (κ1) is 12.4. The van der Waals surface area contributed by atoms with Gasteiger partial charge in [-0.15, -0.1) is 0 Å². The molecule has 3 heterocycles. The first-order valence-corrected chi connectivity index (χ1v) is 7.18. The molecule has 0 bridgehead atoms. The Labute approximate surface area is 120 Å². The summed E-state index contributed by atoms with van der Waals surface area (Å²) in [6, 6.07) is 3.44. The molecule has 1 amide bonds. The van der Waals surface area contributed by atoms with E-state index in [0.717, 1.165) is 5.69 Å². The number of H-pyrrole nitrogens is 1. The molecule has 0 aromatic carbocycles. The Morgan fingerprint density at radius 1 is 1.38 bits per heavy atom. The molecule has 2 aromatic heterocycles. The second-order valence-electron chi connectivity index (χ2n) is 5.82. The lowest BCUT2D eigenvalue weighted by Crippen LogP contribution is -2.49. The van der Waals surface area contributed by atoms with Crippen LogP contribution in [0, 0.1) is 0 Å². The van der Waals surface area contributed by atoms with Crippen molar-refractivity contribution in [1.29, 1.82) is 0 Å². The summed E-state index contributed by atoms with van der Waals surface area (Å²) in [6.45, 7) is 1.46. The van der Waals surface area contributed by atoms with Gasteiger partial charge in [-0.1, -0.05) is 0 Å². The molecule has 7 heteroatoms. The molecule has 4 rings (SSSR count). The second kappa shape index (κ2) is 4.61. The van der Waals surface area contributed by atoms with Crippen molar-refractivity contribution in [1.82, 2.24) is 19.8 Å². The van der Waals surface area contributed by atoms with Gasteiger partial charge in [0.25, 0.3) is 5.56 Å². The monoisotopic (exact) mass is 288 g/mol. The molecule has 2 aromatic rings. The van der Waals surface area contributed by atoms with Crippen LogP contribution >= 0.6 is 0 Å². The van der Waals surface area contributed by atoms with Gasteiger partial charge in [0.05, 0.1) is 11.6 Å². The van der Waals surface area contributed by atoms with Crippen molar-refractivity contribution in [2.45, 2.75) is 31.2 Å². The molecule has 1 saturated carbocycles. The summed E-state index contributed by atoms with van der Waals surface area (Å²) in [6.07, 6.45) is 4.29. The lowest BCUT2D eigenvalue weighted by atomic mass is 9.97. The molecule has 0 radical (unpaired) electrons. The highest BCUT2D eigenvalue weighted by Gasteiger charge is 2.34. The van der Waals surface area contributed by atoms with Gasteiger partial charge < -0.3 is 9.42 Å². The minimum absolute atomic E-state index is 0.0505. The number of amides is 1. The van der Waals surface area contributed by atoms with Gasteiger partial charge in [-0.2, -0.15) is 10.3 Å². The fourth-order valence-corrected chi connectivity index (χ4v) is 2.66. The quantitative estimate of drug-likeness (QED) is 0.896. The van der Waals surface area contributed by atoms with Crippen LogP contribution in [0.25, 0.3) is 0 Å². The smallest absolute Gasteiger partial charge is 0.280 e. The third-order valence-corrected chi connectivity index (χ3v) is 4.13. The van der Waals surface area contributed by atoms with Gasteiger partial charge in [0.15, 0.2) is 0 Å². The third kappa shape index (κ3) is 2.39. The molecule has 110 valence electrons. The van der Waals surface area contributed by atoms with E-state index in [2.05, 4.69) is 10.3 Å². The highest BCUT2D eigenvalue weighted by atomic mass is 16.5. The zero-order chi connectivity index (χ0) is 14.4. The van der Waals surface area contributed by atoms with Crippen molar-refractivity contribution < 1.29 is 9.32 Å². The molecule has 1 N–H and O–H groups in total. The van der Waals surface area contributed by atoms with E-state index in [9.17, 15) is 9.59 Å². The molecule has 1 saturated heterocycles. The summed E-state index contributed by atoms with van der Waals surface area (Å²) in [7, 11) is 0. The minimum Gasteiger partial charge on any atom is -0.383 e. The Bertz CT molecular complexity index is 718. The van der Waals surface area contributed by atoms with Crippen molar-refractivity contribution in [2.24, 2.45) is 0 Å². The Morgan fingerprint density at radius 3 is 2.86 bits per heavy atom. The van der Waals surface area contributed by atoms with Crippen molar-refractivity contribution in [3.63, 3.8) is 0 Å². The van der Waals surface area contributed by atoms with Crippen LogP contribution in [-0.2, 0) is 11.3 Å². The fraction of sp³-hybridized carbons (Fsp3) is 0.500. The first-order chi connectivity index (χ1) is 10.2. The van der Waals surface area contributed by atoms with Gasteiger partial charge >= 0.3 is 0 Å². The number of likely N-dealkylation sites (tertiary alicyclic amines) is 1. The van der Waals surface area contributed by atoms with Crippen LogP contribution in [0.4, 0.5) is 0 Å². The molecule has 7 nitrogen and oxygen atoms in total. The molecule has 0 spiro atoms. The first-order valence-electron chi connectivity index (χ1n) is 7.18. The molecule has 1 aliphatic heterocycles. The number of hydrogen-bond acceptors (Lipinski definition) is 4. The molecule has 2 aliphatic rings. The highest BCUT2D eigenvalue weighted by molar-refractivity contribution is 5.77. The van der Waals surface area contributed by atoms with Crippen molar-refractivity contribution >= 4 is 5.91 Å². The Kier molecular flexibility index (Phi) is 2.73. The van der Waals surface area contributed by atoms with Crippen LogP contribution in [0.15, 0.2) is 27.6 Å².